The van der Waals surface area contributed by atoms with Gasteiger partial charge in [-0.3, -0.25) is 9.59 Å². The van der Waals surface area contributed by atoms with Gasteiger partial charge < -0.3 is 25.4 Å². The minimum atomic E-state index is -1.01. The summed E-state index contributed by atoms with van der Waals surface area (Å²) in [7, 11) is 0. The molecule has 8 rings (SSSR count). The number of nitrogens with one attached hydrogen (secondary N) is 2. The van der Waals surface area contributed by atoms with E-state index in [2.05, 4.69) is 32.7 Å². The predicted octanol–water partition coefficient (Wildman–Crippen LogP) is 5.49. The molecule has 1 atom stereocenters. The molecule has 0 unspecified atom stereocenters. The van der Waals surface area contributed by atoms with Crippen LogP contribution < -0.4 is 15.5 Å². The number of carbonyl (C=O) groups excluding carboxylic acids is 1. The number of carboxylic acid groups (broad SMARTS) is 1. The fourth-order valence-electron chi connectivity index (χ4n) is 9.48. The molecule has 10 nitrogen and oxygen atoms in total. The summed E-state index contributed by atoms with van der Waals surface area (Å²) in [5.74, 6) is 3.62. The predicted molar refractivity (Wildman–Crippen MR) is 173 cm³/mol. The molecule has 1 saturated heterocycles. The highest BCUT2D eigenvalue weighted by molar-refractivity contribution is 5.79. The van der Waals surface area contributed by atoms with Gasteiger partial charge in [-0.05, 0) is 107 Å². The zero-order valence-corrected chi connectivity index (χ0v) is 26.8. The van der Waals surface area contributed by atoms with Crippen LogP contribution in [0.25, 0.3) is 0 Å². The highest BCUT2D eigenvalue weighted by Crippen LogP contribution is 2.60. The smallest absolute Gasteiger partial charge is 0.308 e. The third kappa shape index (κ3) is 6.47. The lowest BCUT2D eigenvalue weighted by Gasteiger charge is -2.56. The molecule has 4 bridgehead atoms. The van der Waals surface area contributed by atoms with Crippen LogP contribution in [0, 0.1) is 42.9 Å². The fourth-order valence-corrected chi connectivity index (χ4v) is 9.48. The topological polar surface area (TPSA) is 130 Å². The molecule has 4 saturated carbocycles. The molecule has 0 aromatic carbocycles. The molecule has 2 aromatic heterocycles. The molecular weight excluding hydrogens is 568 g/mol. The molecule has 5 fully saturated rings. The van der Waals surface area contributed by atoms with Crippen LogP contribution in [0.2, 0.25) is 0 Å². The molecule has 10 heteroatoms. The number of fused-ring (bicyclic) bond motifs is 1. The molecule has 0 spiro atoms. The van der Waals surface area contributed by atoms with E-state index in [4.69, 9.17) is 14.7 Å². The molecule has 4 heterocycles. The van der Waals surface area contributed by atoms with Gasteiger partial charge in [0.25, 0.3) is 0 Å². The van der Waals surface area contributed by atoms with E-state index >= 15 is 0 Å². The van der Waals surface area contributed by atoms with Crippen molar-refractivity contribution >= 4 is 29.4 Å². The number of anilines is 3. The zero-order chi connectivity index (χ0) is 31.1. The molecule has 0 radical (unpaired) electrons. The van der Waals surface area contributed by atoms with Crippen molar-refractivity contribution in [2.24, 2.45) is 29.1 Å². The number of aryl methyl sites for hydroxylation is 2. The van der Waals surface area contributed by atoms with E-state index < -0.39 is 17.9 Å². The molecule has 6 aliphatic rings. The minimum absolute atomic E-state index is 0.0959. The summed E-state index contributed by atoms with van der Waals surface area (Å²) < 4.78 is 5.80. The summed E-state index contributed by atoms with van der Waals surface area (Å²) in [4.78, 5) is 41.7. The average Bonchev–Trinajstić information content (AvgIpc) is 3.02. The van der Waals surface area contributed by atoms with Gasteiger partial charge in [0.05, 0.1) is 18.9 Å². The van der Waals surface area contributed by atoms with Gasteiger partial charge in [-0.15, -0.1) is 0 Å². The van der Waals surface area contributed by atoms with Gasteiger partial charge in [-0.1, -0.05) is 6.07 Å². The Morgan fingerprint density at radius 2 is 1.78 bits per heavy atom. The van der Waals surface area contributed by atoms with Gasteiger partial charge in [0.15, 0.2) is 0 Å². The summed E-state index contributed by atoms with van der Waals surface area (Å²) in [6, 6.07) is 4.44. The molecule has 0 amide bonds. The summed E-state index contributed by atoms with van der Waals surface area (Å²) in [6.45, 7) is 7.10. The maximum Gasteiger partial charge on any atom is 0.308 e. The average molecular weight is 617 g/mol. The second-order valence-corrected chi connectivity index (χ2v) is 14.8. The van der Waals surface area contributed by atoms with Crippen LogP contribution in [0.1, 0.15) is 92.8 Å². The number of carbonyl (C=O) groups is 2. The highest BCUT2D eigenvalue weighted by Gasteiger charge is 2.51. The summed E-state index contributed by atoms with van der Waals surface area (Å²) in [5.41, 5.74) is 3.49. The third-order valence-corrected chi connectivity index (χ3v) is 11.3. The standard InChI is InChI=1S/C35H48N6O4/c1-21-31(37-19-28(34(43)44)15-30(42)45-20-35-16-23-12-24(17-35)14-25(13-23)18-35)38-22(2)39-33(21)41-10-7-26(8-11-41)29-6-5-27-4-3-9-36-32(27)40-29/h5-6,23-26,28H,3-4,7-20H2,1-2H3,(H,36,40)(H,43,44)(H,37,38,39)/t23?,24?,25?,28-,35?/m0/s1. The third-order valence-electron chi connectivity index (χ3n) is 11.3. The molecule has 2 aromatic rings. The Balaban J connectivity index is 0.943. The Kier molecular flexibility index (Phi) is 8.33. The normalized spacial score (nSPS) is 27.9. The van der Waals surface area contributed by atoms with Gasteiger partial charge >= 0.3 is 11.9 Å². The van der Waals surface area contributed by atoms with Crippen LogP contribution in [-0.2, 0) is 20.7 Å². The lowest BCUT2D eigenvalue weighted by Crippen LogP contribution is -2.48. The first kappa shape index (κ1) is 30.2. The van der Waals surface area contributed by atoms with Gasteiger partial charge in [0.2, 0.25) is 0 Å². The minimum Gasteiger partial charge on any atom is -0.481 e. The fraction of sp³-hybridized carbons (Fsp3) is 0.686. The lowest BCUT2D eigenvalue weighted by atomic mass is 9.50. The molecular formula is C35H48N6O4. The number of hydrogen-bond acceptors (Lipinski definition) is 9. The number of esters is 1. The number of ether oxygens (including phenoxy) is 1. The van der Waals surface area contributed by atoms with Crippen LogP contribution in [0.15, 0.2) is 12.1 Å². The Morgan fingerprint density at radius 1 is 1.07 bits per heavy atom. The van der Waals surface area contributed by atoms with Gasteiger partial charge in [0.1, 0.15) is 23.3 Å². The number of piperidine rings is 1. The maximum atomic E-state index is 12.9. The van der Waals surface area contributed by atoms with Crippen LogP contribution in [-0.4, -0.2) is 64.8 Å². The summed E-state index contributed by atoms with van der Waals surface area (Å²) >= 11 is 0. The van der Waals surface area contributed by atoms with Crippen molar-refractivity contribution in [3.8, 4) is 0 Å². The van der Waals surface area contributed by atoms with Crippen LogP contribution >= 0.6 is 0 Å². The Hall–Kier alpha value is -3.43. The first-order valence-corrected chi connectivity index (χ1v) is 17.2. The Bertz CT molecular complexity index is 1400. The molecule has 45 heavy (non-hydrogen) atoms. The van der Waals surface area contributed by atoms with Gasteiger partial charge in [-0.25, -0.2) is 15.0 Å². The highest BCUT2D eigenvalue weighted by atomic mass is 16.5. The SMILES string of the molecule is Cc1nc(NC[C@H](CC(=O)OCC23CC4CC(CC(C4)C2)C3)C(=O)O)c(C)c(N2CCC(c3ccc4c(n3)NCCC4)CC2)n1. The Labute approximate surface area is 266 Å². The van der Waals surface area contributed by atoms with E-state index in [9.17, 15) is 14.7 Å². The largest absolute Gasteiger partial charge is 0.481 e. The number of pyridine rings is 1. The number of aliphatic carboxylic acids is 1. The van der Waals surface area contributed by atoms with Crippen LogP contribution in [0.5, 0.6) is 0 Å². The molecule has 3 N–H and O–H groups in total. The second-order valence-electron chi connectivity index (χ2n) is 14.8. The monoisotopic (exact) mass is 616 g/mol. The van der Waals surface area contributed by atoms with E-state index in [1.165, 1.54) is 24.8 Å². The van der Waals surface area contributed by atoms with Crippen molar-refractivity contribution in [3.05, 3.63) is 34.8 Å². The number of carboxylic acids is 1. The molecule has 4 aliphatic carbocycles. The first-order valence-electron chi connectivity index (χ1n) is 17.2. The number of rotatable bonds is 10. The number of aromatic nitrogens is 3. The van der Waals surface area contributed by atoms with E-state index in [1.54, 1.807) is 0 Å². The maximum absolute atomic E-state index is 12.9. The van der Waals surface area contributed by atoms with Crippen molar-refractivity contribution in [1.29, 1.82) is 0 Å². The van der Waals surface area contributed by atoms with Crippen LogP contribution in [0.4, 0.5) is 17.5 Å². The van der Waals surface area contributed by atoms with Crippen molar-refractivity contribution in [3.63, 3.8) is 0 Å². The number of hydrogen-bond donors (Lipinski definition) is 3. The van der Waals surface area contributed by atoms with E-state index in [0.29, 0.717) is 24.2 Å². The second kappa shape index (κ2) is 12.4. The van der Waals surface area contributed by atoms with E-state index in [-0.39, 0.29) is 18.4 Å². The van der Waals surface area contributed by atoms with Crippen LogP contribution in [0.3, 0.4) is 0 Å². The molecule has 2 aliphatic heterocycles. The Morgan fingerprint density at radius 3 is 2.47 bits per heavy atom. The number of nitrogens with zero attached hydrogens (tertiary/aromatic N) is 4. The van der Waals surface area contributed by atoms with Gasteiger partial charge in [0, 0.05) is 48.8 Å². The quantitative estimate of drug-likeness (QED) is 0.295. The lowest BCUT2D eigenvalue weighted by molar-refractivity contribution is -0.159. The van der Waals surface area contributed by atoms with E-state index in [1.807, 2.05) is 13.8 Å². The first-order chi connectivity index (χ1) is 21.7. The van der Waals surface area contributed by atoms with Crippen molar-refractivity contribution < 1.29 is 19.4 Å². The van der Waals surface area contributed by atoms with Crippen molar-refractivity contribution in [2.45, 2.75) is 90.4 Å². The van der Waals surface area contributed by atoms with Gasteiger partial charge in [-0.2, -0.15) is 0 Å². The zero-order valence-electron chi connectivity index (χ0n) is 26.8. The van der Waals surface area contributed by atoms with Crippen molar-refractivity contribution in [2.75, 3.05) is 48.3 Å². The van der Waals surface area contributed by atoms with E-state index in [0.717, 1.165) is 105 Å². The molecule has 242 valence electrons. The van der Waals surface area contributed by atoms with Crippen molar-refractivity contribution in [1.82, 2.24) is 15.0 Å². The summed E-state index contributed by atoms with van der Waals surface area (Å²) in [6.07, 6.45) is 11.6. The summed E-state index contributed by atoms with van der Waals surface area (Å²) in [5, 5.41) is 16.7.